The van der Waals surface area contributed by atoms with Gasteiger partial charge in [0, 0.05) is 10.9 Å². The lowest BCUT2D eigenvalue weighted by Crippen LogP contribution is -2.38. The van der Waals surface area contributed by atoms with Crippen molar-refractivity contribution in [3.05, 3.63) is 55.9 Å². The summed E-state index contributed by atoms with van der Waals surface area (Å²) in [4.78, 5) is 24.9. The molecule has 130 valence electrons. The Kier molecular flexibility index (Phi) is 3.95. The van der Waals surface area contributed by atoms with Gasteiger partial charge in [-0.1, -0.05) is 25.5 Å². The normalized spacial score (nSPS) is 21.7. The van der Waals surface area contributed by atoms with Gasteiger partial charge in [0.25, 0.3) is 11.6 Å². The van der Waals surface area contributed by atoms with Gasteiger partial charge in [0.05, 0.1) is 16.1 Å². The van der Waals surface area contributed by atoms with E-state index in [1.54, 1.807) is 29.5 Å². The fourth-order valence-corrected chi connectivity index (χ4v) is 5.16. The molecular weight excluding hydrogens is 338 g/mol. The number of hydrogen-bond donors (Lipinski definition) is 2. The van der Waals surface area contributed by atoms with Gasteiger partial charge in [0.1, 0.15) is 11.2 Å². The van der Waals surface area contributed by atoms with Crippen molar-refractivity contribution in [3.63, 3.8) is 0 Å². The van der Waals surface area contributed by atoms with E-state index >= 15 is 0 Å². The van der Waals surface area contributed by atoms with E-state index in [2.05, 4.69) is 17.6 Å². The molecule has 0 unspecified atom stereocenters. The summed E-state index contributed by atoms with van der Waals surface area (Å²) in [6.45, 7) is 2.21. The number of nitrogens with one attached hydrogen (secondary N) is 2. The van der Waals surface area contributed by atoms with E-state index in [1.807, 2.05) is 0 Å². The van der Waals surface area contributed by atoms with Crippen molar-refractivity contribution in [2.24, 2.45) is 5.92 Å². The summed E-state index contributed by atoms with van der Waals surface area (Å²) in [5, 5.41) is 18.3. The lowest BCUT2D eigenvalue weighted by molar-refractivity contribution is -0.385. The zero-order valence-electron chi connectivity index (χ0n) is 13.9. The molecule has 4 rings (SSSR count). The second-order valence-corrected chi connectivity index (χ2v) is 7.70. The van der Waals surface area contributed by atoms with Crippen LogP contribution in [0.4, 0.5) is 10.7 Å². The second-order valence-electron chi connectivity index (χ2n) is 6.59. The summed E-state index contributed by atoms with van der Waals surface area (Å²) in [5.74, 6) is 0.547. The van der Waals surface area contributed by atoms with Crippen LogP contribution in [0.3, 0.4) is 0 Å². The lowest BCUT2D eigenvalue weighted by atomic mass is 9.85. The van der Waals surface area contributed by atoms with Crippen molar-refractivity contribution >= 4 is 27.9 Å². The molecule has 1 aliphatic carbocycles. The molecule has 1 aromatic heterocycles. The highest BCUT2D eigenvalue weighted by atomic mass is 32.1. The number of hydrogen-bond acceptors (Lipinski definition) is 5. The Bertz CT molecular complexity index is 861. The summed E-state index contributed by atoms with van der Waals surface area (Å²) < 4.78 is 0. The first-order chi connectivity index (χ1) is 12.1. The number of nitrogens with zero attached hydrogens (tertiary/aromatic N) is 1. The predicted molar refractivity (Wildman–Crippen MR) is 97.1 cm³/mol. The average molecular weight is 357 g/mol. The first-order valence-corrected chi connectivity index (χ1v) is 9.35. The van der Waals surface area contributed by atoms with E-state index < -0.39 is 11.1 Å². The van der Waals surface area contributed by atoms with Gasteiger partial charge >= 0.3 is 0 Å². The zero-order valence-corrected chi connectivity index (χ0v) is 14.7. The minimum Gasteiger partial charge on any atom is -0.352 e. The Balaban J connectivity index is 1.70. The fraction of sp³-hybridized carbons (Fsp3) is 0.389. The van der Waals surface area contributed by atoms with E-state index in [1.165, 1.54) is 10.9 Å². The third-order valence-corrected chi connectivity index (χ3v) is 6.35. The van der Waals surface area contributed by atoms with Gasteiger partial charge in [-0.05, 0) is 36.8 Å². The SMILES string of the molecule is CC[C@H]1CCc2c(sc3c2C(=O)N[C@@H](c2ccccc2[N+](=O)[O-])N3)C1. The van der Waals surface area contributed by atoms with E-state index in [9.17, 15) is 14.9 Å². The Labute approximate surface area is 149 Å². The van der Waals surface area contributed by atoms with Crippen LogP contribution in [0.5, 0.6) is 0 Å². The lowest BCUT2D eigenvalue weighted by Gasteiger charge is -2.27. The smallest absolute Gasteiger partial charge is 0.276 e. The van der Waals surface area contributed by atoms with Gasteiger partial charge < -0.3 is 10.6 Å². The third kappa shape index (κ3) is 2.68. The van der Waals surface area contributed by atoms with Crippen LogP contribution in [0.25, 0.3) is 0 Å². The van der Waals surface area contributed by atoms with Gasteiger partial charge in [0.15, 0.2) is 0 Å². The van der Waals surface area contributed by atoms with Crippen LogP contribution in [-0.2, 0) is 12.8 Å². The molecular formula is C18H19N3O3S. The van der Waals surface area contributed by atoms with Gasteiger partial charge in [-0.15, -0.1) is 11.3 Å². The number of fused-ring (bicyclic) bond motifs is 3. The second kappa shape index (κ2) is 6.15. The quantitative estimate of drug-likeness (QED) is 0.642. The van der Waals surface area contributed by atoms with Crippen molar-refractivity contribution < 1.29 is 9.72 Å². The van der Waals surface area contributed by atoms with Crippen LogP contribution >= 0.6 is 11.3 Å². The number of rotatable bonds is 3. The minimum absolute atomic E-state index is 0.0103. The predicted octanol–water partition coefficient (Wildman–Crippen LogP) is 4.03. The number of amides is 1. The summed E-state index contributed by atoms with van der Waals surface area (Å²) >= 11 is 1.63. The monoisotopic (exact) mass is 357 g/mol. The van der Waals surface area contributed by atoms with Gasteiger partial charge in [-0.3, -0.25) is 14.9 Å². The Morgan fingerprint density at radius 1 is 1.32 bits per heavy atom. The molecule has 2 N–H and O–H groups in total. The molecule has 2 aliphatic rings. The van der Waals surface area contributed by atoms with Crippen LogP contribution in [0.15, 0.2) is 24.3 Å². The fourth-order valence-electron chi connectivity index (χ4n) is 3.77. The molecule has 0 saturated heterocycles. The van der Waals surface area contributed by atoms with Crippen LogP contribution in [-0.4, -0.2) is 10.8 Å². The number of para-hydroxylation sites is 1. The van der Waals surface area contributed by atoms with Gasteiger partial charge in [0.2, 0.25) is 0 Å². The number of anilines is 1. The molecule has 0 bridgehead atoms. The summed E-state index contributed by atoms with van der Waals surface area (Å²) in [6, 6.07) is 6.52. The molecule has 0 fully saturated rings. The molecule has 2 atom stereocenters. The highest BCUT2D eigenvalue weighted by Crippen LogP contribution is 2.43. The van der Waals surface area contributed by atoms with E-state index in [0.717, 1.165) is 41.8 Å². The molecule has 0 saturated carbocycles. The highest BCUT2D eigenvalue weighted by Gasteiger charge is 2.35. The molecule has 6 nitrogen and oxygen atoms in total. The van der Waals surface area contributed by atoms with Crippen molar-refractivity contribution in [2.45, 2.75) is 38.8 Å². The van der Waals surface area contributed by atoms with E-state index in [0.29, 0.717) is 11.5 Å². The van der Waals surface area contributed by atoms with E-state index in [-0.39, 0.29) is 11.6 Å². The molecule has 25 heavy (non-hydrogen) atoms. The van der Waals surface area contributed by atoms with E-state index in [4.69, 9.17) is 0 Å². The number of nitro benzene ring substituents is 1. The number of benzene rings is 1. The topological polar surface area (TPSA) is 84.3 Å². The Hall–Kier alpha value is -2.41. The third-order valence-electron chi connectivity index (χ3n) is 5.17. The molecule has 2 aromatic rings. The van der Waals surface area contributed by atoms with Crippen LogP contribution in [0.2, 0.25) is 0 Å². The van der Waals surface area contributed by atoms with Gasteiger partial charge in [-0.2, -0.15) is 0 Å². The Morgan fingerprint density at radius 2 is 2.12 bits per heavy atom. The first kappa shape index (κ1) is 16.1. The average Bonchev–Trinajstić information content (AvgIpc) is 2.99. The maximum Gasteiger partial charge on any atom is 0.276 e. The molecule has 7 heteroatoms. The zero-order chi connectivity index (χ0) is 17.6. The summed E-state index contributed by atoms with van der Waals surface area (Å²) in [7, 11) is 0. The molecule has 1 amide bonds. The highest BCUT2D eigenvalue weighted by molar-refractivity contribution is 7.16. The molecule has 2 heterocycles. The van der Waals surface area contributed by atoms with Gasteiger partial charge in [-0.25, -0.2) is 0 Å². The minimum atomic E-state index is -0.580. The standard InChI is InChI=1S/C18H19N3O3S/c1-2-10-7-8-12-14(9-10)25-18-15(12)17(22)19-16(20-18)11-5-3-4-6-13(11)21(23)24/h3-6,10,16,20H,2,7-9H2,1H3,(H,19,22)/t10-,16+/m0/s1. The van der Waals surface area contributed by atoms with Crippen LogP contribution in [0, 0.1) is 16.0 Å². The van der Waals surface area contributed by atoms with Crippen molar-refractivity contribution in [3.8, 4) is 0 Å². The van der Waals surface area contributed by atoms with Crippen LogP contribution in [0.1, 0.15) is 52.3 Å². The molecule has 1 aromatic carbocycles. The number of carbonyl (C=O) groups excluding carboxylic acids is 1. The maximum atomic E-state index is 12.7. The molecule has 1 aliphatic heterocycles. The number of carbonyl (C=O) groups is 1. The number of thiophene rings is 1. The first-order valence-electron chi connectivity index (χ1n) is 8.53. The van der Waals surface area contributed by atoms with Crippen molar-refractivity contribution in [1.82, 2.24) is 5.32 Å². The van der Waals surface area contributed by atoms with Crippen LogP contribution < -0.4 is 10.6 Å². The largest absolute Gasteiger partial charge is 0.352 e. The summed E-state index contributed by atoms with van der Waals surface area (Å²) in [5.41, 5.74) is 2.39. The maximum absolute atomic E-state index is 12.7. The number of nitro groups is 1. The summed E-state index contributed by atoms with van der Waals surface area (Å²) in [6.07, 6.45) is 3.65. The molecule has 0 spiro atoms. The molecule has 0 radical (unpaired) electrons. The van der Waals surface area contributed by atoms with Crippen molar-refractivity contribution in [2.75, 3.05) is 5.32 Å². The Morgan fingerprint density at radius 3 is 2.88 bits per heavy atom. The van der Waals surface area contributed by atoms with Crippen molar-refractivity contribution in [1.29, 1.82) is 0 Å².